The van der Waals surface area contributed by atoms with Crippen LogP contribution >= 0.6 is 11.8 Å². The second-order valence-electron chi connectivity index (χ2n) is 6.30. The number of nitrogens with zero attached hydrogens (tertiary/aromatic N) is 1. The highest BCUT2D eigenvalue weighted by molar-refractivity contribution is 8.00. The summed E-state index contributed by atoms with van der Waals surface area (Å²) < 4.78 is 5.28. The van der Waals surface area contributed by atoms with Gasteiger partial charge in [-0.1, -0.05) is 17.7 Å². The molecular weight excluding hydrogens is 374 g/mol. The van der Waals surface area contributed by atoms with E-state index in [9.17, 15) is 9.59 Å². The molecule has 0 saturated carbocycles. The summed E-state index contributed by atoms with van der Waals surface area (Å²) in [5, 5.41) is 0.923. The Kier molecular flexibility index (Phi) is 6.16. The molecule has 1 heterocycles. The van der Waals surface area contributed by atoms with Crippen molar-refractivity contribution in [1.82, 2.24) is 15.8 Å². The normalized spacial score (nSPS) is 10.5. The quantitative estimate of drug-likeness (QED) is 0.511. The number of thioether (sulfide) groups is 1. The summed E-state index contributed by atoms with van der Waals surface area (Å²) in [5.41, 5.74) is 8.15. The van der Waals surface area contributed by atoms with E-state index in [4.69, 9.17) is 4.74 Å². The Morgan fingerprint density at radius 3 is 2.50 bits per heavy atom. The van der Waals surface area contributed by atoms with Gasteiger partial charge in [-0.3, -0.25) is 25.4 Å². The van der Waals surface area contributed by atoms with Crippen molar-refractivity contribution in [1.29, 1.82) is 0 Å². The molecule has 0 aliphatic rings. The number of rotatable bonds is 5. The highest BCUT2D eigenvalue weighted by Gasteiger charge is 2.11. The largest absolute Gasteiger partial charge is 0.497 e. The van der Waals surface area contributed by atoms with Crippen LogP contribution in [0.25, 0.3) is 10.9 Å². The van der Waals surface area contributed by atoms with Gasteiger partial charge in [-0.2, -0.15) is 0 Å². The van der Waals surface area contributed by atoms with Gasteiger partial charge in [0, 0.05) is 21.5 Å². The fourth-order valence-corrected chi connectivity index (χ4v) is 3.56. The predicted molar refractivity (Wildman–Crippen MR) is 111 cm³/mol. The number of hydrogen-bond donors (Lipinski definition) is 2. The smallest absolute Gasteiger partial charge is 0.269 e. The van der Waals surface area contributed by atoms with Gasteiger partial charge in [0.15, 0.2) is 0 Å². The molecule has 28 heavy (non-hydrogen) atoms. The van der Waals surface area contributed by atoms with Crippen molar-refractivity contribution in [2.75, 3.05) is 12.9 Å². The fourth-order valence-electron chi connectivity index (χ4n) is 2.63. The van der Waals surface area contributed by atoms with E-state index < -0.39 is 0 Å². The molecule has 0 atom stereocenters. The predicted octanol–water partition coefficient (Wildman–Crippen LogP) is 3.41. The van der Waals surface area contributed by atoms with E-state index in [0.29, 0.717) is 5.56 Å². The molecular formula is C21H21N3O3S. The van der Waals surface area contributed by atoms with Crippen LogP contribution in [0.5, 0.6) is 5.75 Å². The molecule has 0 unspecified atom stereocenters. The summed E-state index contributed by atoms with van der Waals surface area (Å²) in [6.07, 6.45) is 0. The maximum atomic E-state index is 12.2. The van der Waals surface area contributed by atoms with Gasteiger partial charge in [0.25, 0.3) is 5.91 Å². The molecule has 0 aliphatic carbocycles. The van der Waals surface area contributed by atoms with Gasteiger partial charge in [0.05, 0.1) is 18.4 Å². The first kappa shape index (κ1) is 19.7. The minimum Gasteiger partial charge on any atom is -0.497 e. The zero-order valence-electron chi connectivity index (χ0n) is 15.9. The van der Waals surface area contributed by atoms with Crippen LogP contribution in [0.4, 0.5) is 0 Å². The van der Waals surface area contributed by atoms with Crippen LogP contribution in [0.15, 0.2) is 53.4 Å². The molecule has 3 aromatic rings. The molecule has 0 radical (unpaired) electrons. The van der Waals surface area contributed by atoms with Gasteiger partial charge in [-0.05, 0) is 50.2 Å². The Bertz CT molecular complexity index is 1020. The van der Waals surface area contributed by atoms with E-state index in [0.717, 1.165) is 32.8 Å². The number of methoxy groups -OCH3 is 1. The summed E-state index contributed by atoms with van der Waals surface area (Å²) in [4.78, 5) is 29.7. The summed E-state index contributed by atoms with van der Waals surface area (Å²) in [5.74, 6) is 0.239. The lowest BCUT2D eigenvalue weighted by Gasteiger charge is -2.10. The Morgan fingerprint density at radius 2 is 1.79 bits per heavy atom. The first-order valence-corrected chi connectivity index (χ1v) is 9.69. The first-order chi connectivity index (χ1) is 13.5. The number of hydrogen-bond acceptors (Lipinski definition) is 5. The average molecular weight is 395 g/mol. The van der Waals surface area contributed by atoms with Crippen molar-refractivity contribution in [2.45, 2.75) is 18.7 Å². The number of fused-ring (bicyclic) bond motifs is 1. The summed E-state index contributed by atoms with van der Waals surface area (Å²) >= 11 is 1.38. The molecule has 0 fully saturated rings. The molecule has 0 saturated heterocycles. The molecule has 1 aromatic heterocycles. The van der Waals surface area contributed by atoms with Crippen molar-refractivity contribution >= 4 is 34.5 Å². The number of carbonyl (C=O) groups excluding carboxylic acids is 2. The van der Waals surface area contributed by atoms with E-state index in [-0.39, 0.29) is 17.6 Å². The molecule has 0 spiro atoms. The van der Waals surface area contributed by atoms with Crippen molar-refractivity contribution in [3.63, 3.8) is 0 Å². The van der Waals surface area contributed by atoms with Crippen molar-refractivity contribution in [3.8, 4) is 5.75 Å². The lowest BCUT2D eigenvalue weighted by Crippen LogP contribution is -2.42. The SMILES string of the molecule is COc1ccc2nc(C)cc(SCC(=O)NNC(=O)c3ccc(C)cc3)c2c1. The van der Waals surface area contributed by atoms with Gasteiger partial charge < -0.3 is 4.74 Å². The summed E-state index contributed by atoms with van der Waals surface area (Å²) in [6.45, 7) is 3.86. The van der Waals surface area contributed by atoms with Crippen LogP contribution in [0, 0.1) is 13.8 Å². The minimum absolute atomic E-state index is 0.157. The van der Waals surface area contributed by atoms with Crippen molar-refractivity contribution in [3.05, 3.63) is 65.4 Å². The van der Waals surface area contributed by atoms with Gasteiger partial charge in [-0.15, -0.1) is 11.8 Å². The third-order valence-electron chi connectivity index (χ3n) is 4.09. The number of nitrogens with one attached hydrogen (secondary N) is 2. The van der Waals surface area contributed by atoms with Crippen LogP contribution in [-0.4, -0.2) is 29.7 Å². The summed E-state index contributed by atoms with van der Waals surface area (Å²) in [6, 6.07) is 14.7. The molecule has 6 nitrogen and oxygen atoms in total. The number of carbonyl (C=O) groups is 2. The average Bonchev–Trinajstić information content (AvgIpc) is 2.70. The van der Waals surface area contributed by atoms with E-state index in [2.05, 4.69) is 15.8 Å². The topological polar surface area (TPSA) is 80.3 Å². The van der Waals surface area contributed by atoms with E-state index in [1.807, 2.05) is 50.2 Å². The summed E-state index contributed by atoms with van der Waals surface area (Å²) in [7, 11) is 1.61. The maximum absolute atomic E-state index is 12.2. The van der Waals surface area contributed by atoms with Crippen molar-refractivity contribution < 1.29 is 14.3 Å². The molecule has 7 heteroatoms. The third-order valence-corrected chi connectivity index (χ3v) is 5.15. The number of ether oxygens (including phenoxy) is 1. The van der Waals surface area contributed by atoms with Crippen molar-refractivity contribution in [2.24, 2.45) is 0 Å². The number of aryl methyl sites for hydroxylation is 2. The number of hydrazine groups is 1. The highest BCUT2D eigenvalue weighted by atomic mass is 32.2. The molecule has 144 valence electrons. The van der Waals surface area contributed by atoms with E-state index in [1.165, 1.54) is 11.8 Å². The van der Waals surface area contributed by atoms with Gasteiger partial charge in [-0.25, -0.2) is 0 Å². The van der Waals surface area contributed by atoms with Gasteiger partial charge in [0.2, 0.25) is 5.91 Å². The molecule has 0 bridgehead atoms. The molecule has 2 amide bonds. The fraction of sp³-hybridized carbons (Fsp3) is 0.190. The van der Waals surface area contributed by atoms with E-state index in [1.54, 1.807) is 19.2 Å². The maximum Gasteiger partial charge on any atom is 0.269 e. The number of pyridine rings is 1. The van der Waals surface area contributed by atoms with Gasteiger partial charge in [0.1, 0.15) is 5.75 Å². The number of benzene rings is 2. The second kappa shape index (κ2) is 8.75. The Hall–Kier alpha value is -3.06. The van der Waals surface area contributed by atoms with Crippen LogP contribution in [0.1, 0.15) is 21.6 Å². The zero-order valence-corrected chi connectivity index (χ0v) is 16.7. The van der Waals surface area contributed by atoms with Crippen LogP contribution < -0.4 is 15.6 Å². The van der Waals surface area contributed by atoms with Gasteiger partial charge >= 0.3 is 0 Å². The number of aromatic nitrogens is 1. The Morgan fingerprint density at radius 1 is 1.04 bits per heavy atom. The monoisotopic (exact) mass is 395 g/mol. The molecule has 3 rings (SSSR count). The lowest BCUT2D eigenvalue weighted by atomic mass is 10.1. The zero-order chi connectivity index (χ0) is 20.1. The van der Waals surface area contributed by atoms with Crippen LogP contribution in [0.2, 0.25) is 0 Å². The van der Waals surface area contributed by atoms with E-state index >= 15 is 0 Å². The first-order valence-electron chi connectivity index (χ1n) is 8.70. The Labute approximate surface area is 167 Å². The highest BCUT2D eigenvalue weighted by Crippen LogP contribution is 2.30. The molecule has 0 aliphatic heterocycles. The Balaban J connectivity index is 1.62. The third kappa shape index (κ3) is 4.80. The minimum atomic E-state index is -0.353. The molecule has 2 N–H and O–H groups in total. The van der Waals surface area contributed by atoms with Crippen LogP contribution in [-0.2, 0) is 4.79 Å². The number of amides is 2. The standard InChI is InChI=1S/C21H21N3O3S/c1-13-4-6-15(7-5-13)21(26)24-23-20(25)12-28-19-10-14(2)22-18-9-8-16(27-3)11-17(18)19/h4-11H,12H2,1-3H3,(H,23,25)(H,24,26). The lowest BCUT2D eigenvalue weighted by molar-refractivity contribution is -0.119. The second-order valence-corrected chi connectivity index (χ2v) is 7.32. The van der Waals surface area contributed by atoms with Crippen LogP contribution in [0.3, 0.4) is 0 Å². The molecule has 2 aromatic carbocycles.